The van der Waals surface area contributed by atoms with Gasteiger partial charge in [-0.2, -0.15) is 8.78 Å². The highest BCUT2D eigenvalue weighted by Crippen LogP contribution is 2.20. The Labute approximate surface area is 123 Å². The molecular formula is C18H16F2O. The summed E-state index contributed by atoms with van der Waals surface area (Å²) in [6.45, 7) is 3.01. The molecule has 0 unspecified atom stereocenters. The number of alkyl halides is 2. The first-order valence-electron chi connectivity index (χ1n) is 6.60. The van der Waals surface area contributed by atoms with E-state index in [1.54, 1.807) is 19.1 Å². The lowest BCUT2D eigenvalue weighted by molar-refractivity contribution is -0.0502. The molecule has 3 heteroatoms. The second-order valence-electron chi connectivity index (χ2n) is 4.91. The lowest BCUT2D eigenvalue weighted by Crippen LogP contribution is -2.03. The van der Waals surface area contributed by atoms with Crippen molar-refractivity contribution < 1.29 is 13.5 Å². The minimum Gasteiger partial charge on any atom is -0.435 e. The molecule has 0 fully saturated rings. The lowest BCUT2D eigenvalue weighted by Gasteiger charge is -2.07. The Kier molecular flexibility index (Phi) is 4.59. The summed E-state index contributed by atoms with van der Waals surface area (Å²) in [4.78, 5) is 0. The van der Waals surface area contributed by atoms with Crippen molar-refractivity contribution in [3.63, 3.8) is 0 Å². The van der Waals surface area contributed by atoms with Gasteiger partial charge >= 0.3 is 6.61 Å². The number of ether oxygens (including phenoxy) is 1. The summed E-state index contributed by atoms with van der Waals surface area (Å²) in [5, 5.41) is 0. The van der Waals surface area contributed by atoms with Crippen LogP contribution >= 0.6 is 0 Å². The van der Waals surface area contributed by atoms with E-state index in [-0.39, 0.29) is 5.75 Å². The Morgan fingerprint density at radius 3 is 1.90 bits per heavy atom. The molecular weight excluding hydrogens is 270 g/mol. The molecule has 0 spiro atoms. The topological polar surface area (TPSA) is 9.23 Å². The van der Waals surface area contributed by atoms with Gasteiger partial charge in [-0.1, -0.05) is 17.9 Å². The van der Waals surface area contributed by atoms with Crippen molar-refractivity contribution in [1.29, 1.82) is 0 Å². The minimum atomic E-state index is -2.81. The number of aryl methyl sites for hydroxylation is 3. The van der Waals surface area contributed by atoms with E-state index in [1.807, 2.05) is 25.1 Å². The molecule has 0 aliphatic heterocycles. The zero-order chi connectivity index (χ0) is 15.4. The van der Waals surface area contributed by atoms with E-state index in [4.69, 9.17) is 0 Å². The predicted octanol–water partition coefficient (Wildman–Crippen LogP) is 4.61. The molecule has 2 aromatic carbocycles. The summed E-state index contributed by atoms with van der Waals surface area (Å²) in [5.41, 5.74) is 4.77. The molecule has 0 aromatic heterocycles. The van der Waals surface area contributed by atoms with E-state index < -0.39 is 6.61 Å². The molecule has 108 valence electrons. The zero-order valence-electron chi connectivity index (χ0n) is 12.2. The van der Waals surface area contributed by atoms with Gasteiger partial charge in [0.2, 0.25) is 0 Å². The van der Waals surface area contributed by atoms with Crippen LogP contribution in [0, 0.1) is 32.6 Å². The van der Waals surface area contributed by atoms with Crippen LogP contribution in [0.25, 0.3) is 0 Å². The minimum absolute atomic E-state index is 0.182. The second kappa shape index (κ2) is 6.41. The SMILES string of the molecule is Cc1ccc(C#Cc2ccc(OC(F)F)c(C)c2)cc1C. The third-order valence-corrected chi connectivity index (χ3v) is 3.25. The Bertz CT molecular complexity index is 709. The third kappa shape index (κ3) is 4.06. The molecule has 0 radical (unpaired) electrons. The van der Waals surface area contributed by atoms with Gasteiger partial charge in [0, 0.05) is 11.1 Å². The number of hydrogen-bond acceptors (Lipinski definition) is 1. The molecule has 0 N–H and O–H groups in total. The highest BCUT2D eigenvalue weighted by molar-refractivity contribution is 5.48. The van der Waals surface area contributed by atoms with Gasteiger partial charge in [0.05, 0.1) is 0 Å². The smallest absolute Gasteiger partial charge is 0.387 e. The Morgan fingerprint density at radius 2 is 1.38 bits per heavy atom. The van der Waals surface area contributed by atoms with E-state index in [0.29, 0.717) is 5.56 Å². The largest absolute Gasteiger partial charge is 0.435 e. The first-order valence-corrected chi connectivity index (χ1v) is 6.60. The molecule has 0 atom stereocenters. The van der Waals surface area contributed by atoms with E-state index in [0.717, 1.165) is 11.1 Å². The number of hydrogen-bond donors (Lipinski definition) is 0. The van der Waals surface area contributed by atoms with Crippen LogP contribution < -0.4 is 4.74 Å². The van der Waals surface area contributed by atoms with Crippen molar-refractivity contribution >= 4 is 0 Å². The summed E-state index contributed by atoms with van der Waals surface area (Å²) < 4.78 is 28.8. The number of rotatable bonds is 2. The van der Waals surface area contributed by atoms with Crippen LogP contribution in [0.15, 0.2) is 36.4 Å². The van der Waals surface area contributed by atoms with Crippen molar-refractivity contribution in [2.45, 2.75) is 27.4 Å². The van der Waals surface area contributed by atoms with Crippen molar-refractivity contribution in [1.82, 2.24) is 0 Å². The molecule has 0 bridgehead atoms. The number of benzene rings is 2. The van der Waals surface area contributed by atoms with E-state index >= 15 is 0 Å². The zero-order valence-corrected chi connectivity index (χ0v) is 12.2. The molecule has 0 aliphatic rings. The molecule has 21 heavy (non-hydrogen) atoms. The van der Waals surface area contributed by atoms with Crippen LogP contribution in [-0.4, -0.2) is 6.61 Å². The van der Waals surface area contributed by atoms with Gasteiger partial charge < -0.3 is 4.74 Å². The van der Waals surface area contributed by atoms with Gasteiger partial charge in [0.25, 0.3) is 0 Å². The molecule has 0 saturated heterocycles. The fourth-order valence-electron chi connectivity index (χ4n) is 1.92. The van der Waals surface area contributed by atoms with Gasteiger partial charge in [0.15, 0.2) is 0 Å². The maximum atomic E-state index is 12.2. The van der Waals surface area contributed by atoms with E-state index in [2.05, 4.69) is 23.5 Å². The fraction of sp³-hybridized carbons (Fsp3) is 0.222. The Balaban J connectivity index is 2.22. The first kappa shape index (κ1) is 15.1. The summed E-state index contributed by atoms with van der Waals surface area (Å²) in [6, 6.07) is 11.0. The molecule has 1 nitrogen and oxygen atoms in total. The van der Waals surface area contributed by atoms with Crippen LogP contribution in [0.4, 0.5) is 8.78 Å². The van der Waals surface area contributed by atoms with Crippen LogP contribution in [0.2, 0.25) is 0 Å². The predicted molar refractivity (Wildman–Crippen MR) is 79.7 cm³/mol. The molecule has 0 heterocycles. The monoisotopic (exact) mass is 286 g/mol. The average Bonchev–Trinajstić information content (AvgIpc) is 2.42. The van der Waals surface area contributed by atoms with Crippen LogP contribution in [0.5, 0.6) is 5.75 Å². The third-order valence-electron chi connectivity index (χ3n) is 3.25. The van der Waals surface area contributed by atoms with Gasteiger partial charge in [-0.15, -0.1) is 0 Å². The Hall–Kier alpha value is -2.34. The average molecular weight is 286 g/mol. The summed E-state index contributed by atoms with van der Waals surface area (Å²) in [7, 11) is 0. The highest BCUT2D eigenvalue weighted by Gasteiger charge is 2.06. The van der Waals surface area contributed by atoms with Crippen molar-refractivity contribution in [2.75, 3.05) is 0 Å². The van der Waals surface area contributed by atoms with Crippen LogP contribution in [0.3, 0.4) is 0 Å². The molecule has 2 aromatic rings. The van der Waals surface area contributed by atoms with Gasteiger partial charge in [-0.05, 0) is 67.8 Å². The van der Waals surface area contributed by atoms with E-state index in [1.165, 1.54) is 17.2 Å². The molecule has 2 rings (SSSR count). The number of halogens is 2. The highest BCUT2D eigenvalue weighted by atomic mass is 19.3. The standard InChI is InChI=1S/C18H16F2O/c1-12-4-5-15(10-13(12)2)6-7-16-8-9-17(14(3)11-16)21-18(19)20/h4-5,8-11,18H,1-3H3. The van der Waals surface area contributed by atoms with Crippen molar-refractivity contribution in [2.24, 2.45) is 0 Å². The normalized spacial score (nSPS) is 10.2. The summed E-state index contributed by atoms with van der Waals surface area (Å²) in [6.07, 6.45) is 0. The van der Waals surface area contributed by atoms with E-state index in [9.17, 15) is 8.78 Å². The second-order valence-corrected chi connectivity index (χ2v) is 4.91. The fourth-order valence-corrected chi connectivity index (χ4v) is 1.92. The maximum absolute atomic E-state index is 12.2. The quantitative estimate of drug-likeness (QED) is 0.732. The molecule has 0 saturated carbocycles. The van der Waals surface area contributed by atoms with Gasteiger partial charge in [-0.25, -0.2) is 0 Å². The van der Waals surface area contributed by atoms with Crippen LogP contribution in [0.1, 0.15) is 27.8 Å². The first-order chi connectivity index (χ1) is 9.95. The van der Waals surface area contributed by atoms with Gasteiger partial charge in [-0.3, -0.25) is 0 Å². The summed E-state index contributed by atoms with van der Waals surface area (Å²) in [5.74, 6) is 6.30. The van der Waals surface area contributed by atoms with Gasteiger partial charge in [0.1, 0.15) is 5.75 Å². The van der Waals surface area contributed by atoms with Crippen molar-refractivity contribution in [3.05, 3.63) is 64.2 Å². The summed E-state index contributed by atoms with van der Waals surface area (Å²) >= 11 is 0. The molecule has 0 aliphatic carbocycles. The van der Waals surface area contributed by atoms with Crippen molar-refractivity contribution in [3.8, 4) is 17.6 Å². The van der Waals surface area contributed by atoms with Crippen LogP contribution in [-0.2, 0) is 0 Å². The molecule has 0 amide bonds. The Morgan fingerprint density at radius 1 is 0.810 bits per heavy atom. The lowest BCUT2D eigenvalue weighted by atomic mass is 10.1. The maximum Gasteiger partial charge on any atom is 0.387 e.